The van der Waals surface area contributed by atoms with Crippen molar-refractivity contribution in [3.05, 3.63) is 46.3 Å². The van der Waals surface area contributed by atoms with Gasteiger partial charge in [0.2, 0.25) is 5.91 Å². The van der Waals surface area contributed by atoms with Gasteiger partial charge in [-0.2, -0.15) is 0 Å². The van der Waals surface area contributed by atoms with Crippen molar-refractivity contribution in [3.8, 4) is 5.75 Å². The molecule has 0 spiro atoms. The summed E-state index contributed by atoms with van der Waals surface area (Å²) in [7, 11) is 0. The zero-order valence-electron chi connectivity index (χ0n) is 15.3. The zero-order chi connectivity index (χ0) is 21.6. The van der Waals surface area contributed by atoms with Crippen LogP contribution in [0.3, 0.4) is 0 Å². The summed E-state index contributed by atoms with van der Waals surface area (Å²) in [5.41, 5.74) is 0.365. The van der Waals surface area contributed by atoms with Gasteiger partial charge in [0.15, 0.2) is 5.78 Å². The first-order valence-corrected chi connectivity index (χ1v) is 9.45. The molecule has 0 aliphatic rings. The van der Waals surface area contributed by atoms with E-state index in [1.807, 2.05) is 6.92 Å². The summed E-state index contributed by atoms with van der Waals surface area (Å²) in [6, 6.07) is 6.13. The van der Waals surface area contributed by atoms with Crippen LogP contribution >= 0.6 is 11.3 Å². The molecule has 1 heterocycles. The number of aliphatic carboxylic acids is 1. The minimum Gasteiger partial charge on any atom is -0.481 e. The molecular weight excluding hydrogens is 411 g/mol. The number of rotatable bonds is 9. The van der Waals surface area contributed by atoms with Crippen LogP contribution in [-0.2, 0) is 16.0 Å². The van der Waals surface area contributed by atoms with Gasteiger partial charge in [0.25, 0.3) is 0 Å². The Hall–Kier alpha value is -2.88. The molecular formula is C19H18F3NO5S. The number of ketones is 1. The molecule has 0 radical (unpaired) electrons. The Balaban J connectivity index is 2.16. The van der Waals surface area contributed by atoms with Gasteiger partial charge in [0.1, 0.15) is 10.8 Å². The Morgan fingerprint density at radius 3 is 2.34 bits per heavy atom. The van der Waals surface area contributed by atoms with Crippen molar-refractivity contribution in [1.29, 1.82) is 0 Å². The van der Waals surface area contributed by atoms with Crippen LogP contribution in [0, 0.1) is 0 Å². The van der Waals surface area contributed by atoms with Crippen LogP contribution < -0.4 is 10.1 Å². The molecule has 0 aliphatic heterocycles. The highest BCUT2D eigenvalue weighted by Crippen LogP contribution is 2.31. The first-order valence-electron chi connectivity index (χ1n) is 8.64. The minimum atomic E-state index is -4.83. The Morgan fingerprint density at radius 2 is 1.79 bits per heavy atom. The van der Waals surface area contributed by atoms with Crippen molar-refractivity contribution in [2.24, 2.45) is 0 Å². The fraction of sp³-hybridized carbons (Fsp3) is 0.316. The van der Waals surface area contributed by atoms with Crippen molar-refractivity contribution in [2.45, 2.75) is 39.0 Å². The number of benzene rings is 1. The molecule has 0 saturated carbocycles. The predicted molar refractivity (Wildman–Crippen MR) is 100 cm³/mol. The van der Waals surface area contributed by atoms with Gasteiger partial charge >= 0.3 is 12.3 Å². The second-order valence-corrected chi connectivity index (χ2v) is 7.14. The molecule has 2 N–H and O–H groups in total. The van der Waals surface area contributed by atoms with Gasteiger partial charge in [-0.25, -0.2) is 0 Å². The average Bonchev–Trinajstić information content (AvgIpc) is 3.03. The van der Waals surface area contributed by atoms with Crippen molar-refractivity contribution in [2.75, 3.05) is 5.32 Å². The van der Waals surface area contributed by atoms with Gasteiger partial charge in [-0.1, -0.05) is 6.92 Å². The average molecular weight is 429 g/mol. The third-order valence-electron chi connectivity index (χ3n) is 3.77. The first kappa shape index (κ1) is 22.4. The fourth-order valence-electron chi connectivity index (χ4n) is 2.43. The standard InChI is InChI=1S/C19H18F3NO5S/c1-2-13-10-14(18(29-13)23-15(24)4-3-5-16(25)26)17(27)11-6-8-12(9-7-11)28-19(20,21)22/h6-10H,2-5H2,1H3,(H,23,24)(H,25,26). The lowest BCUT2D eigenvalue weighted by Crippen LogP contribution is -2.17. The van der Waals surface area contributed by atoms with E-state index in [1.54, 1.807) is 6.07 Å². The number of alkyl halides is 3. The van der Waals surface area contributed by atoms with Gasteiger partial charge in [-0.05, 0) is 43.2 Å². The fourth-order valence-corrected chi connectivity index (χ4v) is 3.44. The first-order chi connectivity index (χ1) is 13.6. The number of aryl methyl sites for hydroxylation is 1. The van der Waals surface area contributed by atoms with E-state index in [1.165, 1.54) is 23.5 Å². The van der Waals surface area contributed by atoms with E-state index < -0.39 is 29.8 Å². The summed E-state index contributed by atoms with van der Waals surface area (Å²) in [5, 5.41) is 11.6. The van der Waals surface area contributed by atoms with Gasteiger partial charge in [-0.15, -0.1) is 24.5 Å². The molecule has 2 rings (SSSR count). The normalized spacial score (nSPS) is 11.2. The molecule has 0 bridgehead atoms. The molecule has 0 atom stereocenters. The van der Waals surface area contributed by atoms with E-state index in [4.69, 9.17) is 5.11 Å². The monoisotopic (exact) mass is 429 g/mol. The van der Waals surface area contributed by atoms with E-state index in [0.29, 0.717) is 11.4 Å². The summed E-state index contributed by atoms with van der Waals surface area (Å²) >= 11 is 1.22. The highest BCUT2D eigenvalue weighted by molar-refractivity contribution is 7.16. The Bertz CT molecular complexity index is 890. The number of ether oxygens (including phenoxy) is 1. The number of thiophene rings is 1. The van der Waals surface area contributed by atoms with Gasteiger partial charge < -0.3 is 15.2 Å². The van der Waals surface area contributed by atoms with Gasteiger partial charge in [0, 0.05) is 23.3 Å². The van der Waals surface area contributed by atoms with E-state index >= 15 is 0 Å². The second-order valence-electron chi connectivity index (χ2n) is 6.01. The third kappa shape index (κ3) is 6.90. The van der Waals surface area contributed by atoms with Crippen LogP contribution in [0.5, 0.6) is 5.75 Å². The number of hydrogen-bond acceptors (Lipinski definition) is 5. The quantitative estimate of drug-likeness (QED) is 0.567. The van der Waals surface area contributed by atoms with Crippen LogP contribution in [0.25, 0.3) is 0 Å². The molecule has 0 saturated heterocycles. The number of amides is 1. The Kier molecular flexibility index (Phi) is 7.38. The number of carboxylic acids is 1. The number of halogens is 3. The summed E-state index contributed by atoms with van der Waals surface area (Å²) in [6.07, 6.45) is -4.19. The molecule has 0 aliphatic carbocycles. The topological polar surface area (TPSA) is 92.7 Å². The lowest BCUT2D eigenvalue weighted by Gasteiger charge is -2.09. The molecule has 1 aromatic heterocycles. The molecule has 0 fully saturated rings. The number of nitrogens with one attached hydrogen (secondary N) is 1. The molecule has 0 unspecified atom stereocenters. The van der Waals surface area contributed by atoms with Crippen molar-refractivity contribution < 1.29 is 37.4 Å². The zero-order valence-corrected chi connectivity index (χ0v) is 16.2. The van der Waals surface area contributed by atoms with Gasteiger partial charge in [0.05, 0.1) is 5.56 Å². The van der Waals surface area contributed by atoms with E-state index in [2.05, 4.69) is 10.1 Å². The third-order valence-corrected chi connectivity index (χ3v) is 4.97. The van der Waals surface area contributed by atoms with E-state index in [0.717, 1.165) is 17.0 Å². The Labute approximate surface area is 168 Å². The van der Waals surface area contributed by atoms with Crippen LogP contribution in [0.1, 0.15) is 47.0 Å². The summed E-state index contributed by atoms with van der Waals surface area (Å²) in [5.74, 6) is -2.32. The number of carbonyl (C=O) groups is 3. The van der Waals surface area contributed by atoms with Crippen molar-refractivity contribution >= 4 is 34.0 Å². The molecule has 6 nitrogen and oxygen atoms in total. The van der Waals surface area contributed by atoms with E-state index in [-0.39, 0.29) is 30.4 Å². The maximum absolute atomic E-state index is 12.8. The van der Waals surface area contributed by atoms with Crippen LogP contribution in [0.4, 0.5) is 18.2 Å². The van der Waals surface area contributed by atoms with Gasteiger partial charge in [-0.3, -0.25) is 14.4 Å². The number of hydrogen-bond donors (Lipinski definition) is 2. The largest absolute Gasteiger partial charge is 0.573 e. The van der Waals surface area contributed by atoms with E-state index in [9.17, 15) is 27.6 Å². The predicted octanol–water partition coefficient (Wildman–Crippen LogP) is 4.63. The molecule has 29 heavy (non-hydrogen) atoms. The van der Waals surface area contributed by atoms with Crippen LogP contribution in [0.2, 0.25) is 0 Å². The minimum absolute atomic E-state index is 0.0111. The van der Waals surface area contributed by atoms with Crippen LogP contribution in [-0.4, -0.2) is 29.1 Å². The maximum atomic E-state index is 12.8. The van der Waals surface area contributed by atoms with Crippen molar-refractivity contribution in [1.82, 2.24) is 0 Å². The smallest absolute Gasteiger partial charge is 0.481 e. The molecule has 1 aromatic carbocycles. The highest BCUT2D eigenvalue weighted by Gasteiger charge is 2.31. The summed E-state index contributed by atoms with van der Waals surface area (Å²) < 4.78 is 40.5. The lowest BCUT2D eigenvalue weighted by molar-refractivity contribution is -0.274. The molecule has 156 valence electrons. The second kappa shape index (κ2) is 9.55. The molecule has 10 heteroatoms. The molecule has 2 aromatic rings. The summed E-state index contributed by atoms with van der Waals surface area (Å²) in [6.45, 7) is 1.88. The molecule has 1 amide bonds. The lowest BCUT2D eigenvalue weighted by atomic mass is 10.0. The highest BCUT2D eigenvalue weighted by atomic mass is 32.1. The van der Waals surface area contributed by atoms with Crippen molar-refractivity contribution in [3.63, 3.8) is 0 Å². The summed E-state index contributed by atoms with van der Waals surface area (Å²) in [4.78, 5) is 36.2. The number of anilines is 1. The number of carbonyl (C=O) groups excluding carboxylic acids is 2. The Morgan fingerprint density at radius 1 is 1.14 bits per heavy atom. The maximum Gasteiger partial charge on any atom is 0.573 e. The number of carboxylic acid groups (broad SMARTS) is 1. The van der Waals surface area contributed by atoms with Crippen LogP contribution in [0.15, 0.2) is 30.3 Å². The SMILES string of the molecule is CCc1cc(C(=O)c2ccc(OC(F)(F)F)cc2)c(NC(=O)CCCC(=O)O)s1.